The average molecular weight is 267 g/mol. The summed E-state index contributed by atoms with van der Waals surface area (Å²) in [6, 6.07) is 9.13. The lowest BCUT2D eigenvalue weighted by Gasteiger charge is -2.10. The van der Waals surface area contributed by atoms with Crippen molar-refractivity contribution in [1.29, 1.82) is 0 Å². The number of hydrogen-bond donors (Lipinski definition) is 1. The van der Waals surface area contributed by atoms with Crippen LogP contribution in [0.3, 0.4) is 0 Å². The van der Waals surface area contributed by atoms with Crippen molar-refractivity contribution < 1.29 is 0 Å². The van der Waals surface area contributed by atoms with Crippen LogP contribution in [-0.4, -0.2) is 9.55 Å². The fraction of sp³-hybridized carbons (Fsp3) is 0.167. The Morgan fingerprint density at radius 1 is 1.41 bits per heavy atom. The van der Waals surface area contributed by atoms with Gasteiger partial charge < -0.3 is 0 Å². The molecule has 1 N–H and O–H groups in total. The van der Waals surface area contributed by atoms with Gasteiger partial charge in [-0.25, -0.2) is 4.79 Å². The van der Waals surface area contributed by atoms with Crippen LogP contribution in [0.5, 0.6) is 0 Å². The molecule has 0 radical (unpaired) electrons. The van der Waals surface area contributed by atoms with Gasteiger partial charge in [0.1, 0.15) is 4.64 Å². The van der Waals surface area contributed by atoms with Crippen LogP contribution in [0.25, 0.3) is 11.3 Å². The standard InChI is InChI=1S/C12H11ClN2OS/c1-2-15-10(7-11(17)14-12(15)16)8-4-3-5-9(13)6-8/h3-7H,2H2,1H3,(H,14,16,17). The molecule has 0 atom stereocenters. The van der Waals surface area contributed by atoms with E-state index in [-0.39, 0.29) is 5.69 Å². The topological polar surface area (TPSA) is 37.8 Å². The first-order valence-corrected chi connectivity index (χ1v) is 6.00. The fourth-order valence-electron chi connectivity index (χ4n) is 1.72. The zero-order chi connectivity index (χ0) is 12.4. The minimum Gasteiger partial charge on any atom is -0.298 e. The Bertz CT molecular complexity index is 660. The maximum absolute atomic E-state index is 11.8. The molecule has 1 aromatic carbocycles. The van der Waals surface area contributed by atoms with Crippen LogP contribution in [0.2, 0.25) is 5.02 Å². The van der Waals surface area contributed by atoms with Crippen molar-refractivity contribution in [3.05, 3.63) is 50.5 Å². The molecular weight excluding hydrogens is 256 g/mol. The van der Waals surface area contributed by atoms with Crippen LogP contribution in [0.4, 0.5) is 0 Å². The molecule has 2 rings (SSSR count). The lowest BCUT2D eigenvalue weighted by atomic mass is 10.1. The monoisotopic (exact) mass is 266 g/mol. The van der Waals surface area contributed by atoms with Crippen molar-refractivity contribution in [2.75, 3.05) is 0 Å². The second-order valence-corrected chi connectivity index (χ2v) is 4.45. The van der Waals surface area contributed by atoms with Gasteiger partial charge in [-0.15, -0.1) is 0 Å². The highest BCUT2D eigenvalue weighted by molar-refractivity contribution is 7.71. The predicted octanol–water partition coefficient (Wildman–Crippen LogP) is 3.25. The van der Waals surface area contributed by atoms with Gasteiger partial charge in [0.05, 0.1) is 5.69 Å². The highest BCUT2D eigenvalue weighted by atomic mass is 35.5. The molecule has 2 aromatic rings. The predicted molar refractivity (Wildman–Crippen MR) is 72.0 cm³/mol. The van der Waals surface area contributed by atoms with Gasteiger partial charge in [0.15, 0.2) is 0 Å². The third-order valence-corrected chi connectivity index (χ3v) is 2.93. The van der Waals surface area contributed by atoms with Gasteiger partial charge in [0.2, 0.25) is 0 Å². The summed E-state index contributed by atoms with van der Waals surface area (Å²) in [6.45, 7) is 2.49. The number of benzene rings is 1. The maximum atomic E-state index is 11.8. The van der Waals surface area contributed by atoms with Crippen molar-refractivity contribution in [3.63, 3.8) is 0 Å². The minimum absolute atomic E-state index is 0.199. The van der Waals surface area contributed by atoms with Crippen LogP contribution < -0.4 is 5.69 Å². The molecule has 0 saturated carbocycles. The number of hydrogen-bond acceptors (Lipinski definition) is 2. The summed E-state index contributed by atoms with van der Waals surface area (Å²) in [6.07, 6.45) is 0. The molecule has 0 unspecified atom stereocenters. The Morgan fingerprint density at radius 3 is 2.82 bits per heavy atom. The van der Waals surface area contributed by atoms with Gasteiger partial charge in [-0.05, 0) is 30.7 Å². The van der Waals surface area contributed by atoms with E-state index in [9.17, 15) is 4.79 Å². The molecule has 0 aliphatic heterocycles. The number of aromatic nitrogens is 2. The molecular formula is C12H11ClN2OS. The van der Waals surface area contributed by atoms with Gasteiger partial charge in [-0.3, -0.25) is 9.55 Å². The summed E-state index contributed by atoms with van der Waals surface area (Å²) in [7, 11) is 0. The molecule has 1 heterocycles. The molecule has 0 aliphatic rings. The molecule has 88 valence electrons. The number of aromatic amines is 1. The van der Waals surface area contributed by atoms with E-state index in [0.717, 1.165) is 11.3 Å². The Hall–Kier alpha value is -1.39. The summed E-state index contributed by atoms with van der Waals surface area (Å²) in [5.74, 6) is 0. The van der Waals surface area contributed by atoms with Crippen molar-refractivity contribution in [3.8, 4) is 11.3 Å². The largest absolute Gasteiger partial charge is 0.326 e. The third kappa shape index (κ3) is 2.48. The second kappa shape index (κ2) is 4.85. The minimum atomic E-state index is -0.199. The Kier molecular flexibility index (Phi) is 3.45. The van der Waals surface area contributed by atoms with E-state index in [0.29, 0.717) is 16.2 Å². The first-order chi connectivity index (χ1) is 8.11. The van der Waals surface area contributed by atoms with E-state index < -0.39 is 0 Å². The number of nitrogens with zero attached hydrogens (tertiary/aromatic N) is 1. The quantitative estimate of drug-likeness (QED) is 0.848. The Morgan fingerprint density at radius 2 is 2.18 bits per heavy atom. The van der Waals surface area contributed by atoms with Crippen molar-refractivity contribution in [1.82, 2.24) is 9.55 Å². The second-order valence-electron chi connectivity index (χ2n) is 3.58. The first kappa shape index (κ1) is 12.1. The SMILES string of the molecule is CCn1c(-c2cccc(Cl)c2)cc(=S)[nH]c1=O. The number of nitrogens with one attached hydrogen (secondary N) is 1. The molecule has 0 bridgehead atoms. The normalized spacial score (nSPS) is 10.5. The molecule has 0 saturated heterocycles. The molecule has 1 aromatic heterocycles. The molecule has 17 heavy (non-hydrogen) atoms. The summed E-state index contributed by atoms with van der Waals surface area (Å²) < 4.78 is 2.05. The van der Waals surface area contributed by atoms with E-state index in [1.807, 2.05) is 25.1 Å². The van der Waals surface area contributed by atoms with Crippen LogP contribution >= 0.6 is 23.8 Å². The third-order valence-electron chi connectivity index (χ3n) is 2.47. The highest BCUT2D eigenvalue weighted by Crippen LogP contribution is 2.21. The fourth-order valence-corrected chi connectivity index (χ4v) is 2.11. The average Bonchev–Trinajstić information content (AvgIpc) is 2.28. The number of halogens is 1. The van der Waals surface area contributed by atoms with E-state index >= 15 is 0 Å². The van der Waals surface area contributed by atoms with E-state index in [2.05, 4.69) is 4.98 Å². The molecule has 3 nitrogen and oxygen atoms in total. The highest BCUT2D eigenvalue weighted by Gasteiger charge is 2.06. The maximum Gasteiger partial charge on any atom is 0.326 e. The molecule has 0 amide bonds. The lowest BCUT2D eigenvalue weighted by molar-refractivity contribution is 0.705. The summed E-state index contributed by atoms with van der Waals surface area (Å²) >= 11 is 11.0. The van der Waals surface area contributed by atoms with Gasteiger partial charge in [0.25, 0.3) is 0 Å². The van der Waals surface area contributed by atoms with Crippen molar-refractivity contribution in [2.45, 2.75) is 13.5 Å². The van der Waals surface area contributed by atoms with Crippen LogP contribution in [0.1, 0.15) is 6.92 Å². The lowest BCUT2D eigenvalue weighted by Crippen LogP contribution is -2.23. The van der Waals surface area contributed by atoms with Gasteiger partial charge >= 0.3 is 5.69 Å². The summed E-state index contributed by atoms with van der Waals surface area (Å²) in [5, 5.41) is 0.636. The van der Waals surface area contributed by atoms with Gasteiger partial charge in [-0.1, -0.05) is 36.0 Å². The van der Waals surface area contributed by atoms with Gasteiger partial charge in [0, 0.05) is 11.6 Å². The summed E-state index contributed by atoms with van der Waals surface area (Å²) in [5.41, 5.74) is 1.47. The summed E-state index contributed by atoms with van der Waals surface area (Å²) in [4.78, 5) is 14.4. The van der Waals surface area contributed by atoms with Crippen LogP contribution in [0, 0.1) is 4.64 Å². The van der Waals surface area contributed by atoms with Crippen LogP contribution in [0.15, 0.2) is 35.1 Å². The Balaban J connectivity index is 2.74. The first-order valence-electron chi connectivity index (χ1n) is 5.22. The zero-order valence-electron chi connectivity index (χ0n) is 9.24. The molecule has 5 heteroatoms. The Labute approximate surface area is 109 Å². The van der Waals surface area contributed by atoms with E-state index in [1.165, 1.54) is 0 Å². The van der Waals surface area contributed by atoms with Crippen LogP contribution in [-0.2, 0) is 6.54 Å². The molecule has 0 spiro atoms. The van der Waals surface area contributed by atoms with E-state index in [4.69, 9.17) is 23.8 Å². The smallest absolute Gasteiger partial charge is 0.298 e. The van der Waals surface area contributed by atoms with Gasteiger partial charge in [-0.2, -0.15) is 0 Å². The number of rotatable bonds is 2. The van der Waals surface area contributed by atoms with Crippen molar-refractivity contribution in [2.24, 2.45) is 0 Å². The van der Waals surface area contributed by atoms with E-state index in [1.54, 1.807) is 16.7 Å². The molecule has 0 fully saturated rings. The molecule has 0 aliphatic carbocycles. The zero-order valence-corrected chi connectivity index (χ0v) is 10.8. The number of H-pyrrole nitrogens is 1. The van der Waals surface area contributed by atoms with Crippen molar-refractivity contribution >= 4 is 23.8 Å².